The monoisotopic (exact) mass is 416 g/mol. The number of hydrogen-bond acceptors (Lipinski definition) is 7. The largest absolute Gasteiger partial charge is 0.493 e. The highest BCUT2D eigenvalue weighted by molar-refractivity contribution is 5.55. The summed E-state index contributed by atoms with van der Waals surface area (Å²) < 4.78 is 27.6. The Morgan fingerprint density at radius 2 is 1.60 bits per heavy atom. The lowest BCUT2D eigenvalue weighted by atomic mass is 10.1. The Balaban J connectivity index is 1.34. The predicted octanol–water partition coefficient (Wildman–Crippen LogP) is -0.161. The van der Waals surface area contributed by atoms with Crippen LogP contribution < -0.4 is 24.0 Å². The molecular weight excluding hydrogens is 388 g/mol. The summed E-state index contributed by atoms with van der Waals surface area (Å²) in [5.41, 5.74) is 1.12. The standard InChI is InChI=1S/C21H26N4O5/c1-26-16-7-6-15(19(27-2)20(16)28-3)13-24-8-10-25(11-9-24)14-18-22-23-21(30-18)17-5-4-12-29-17/h4-7,12H,8-11,13-14H2,1-3H3/p+2. The van der Waals surface area contributed by atoms with Crippen LogP contribution in [0.1, 0.15) is 11.5 Å². The maximum atomic E-state index is 5.75. The Hall–Kier alpha value is -3.04. The van der Waals surface area contributed by atoms with Crippen LogP contribution in [0.4, 0.5) is 0 Å². The van der Waals surface area contributed by atoms with Gasteiger partial charge < -0.3 is 32.8 Å². The minimum absolute atomic E-state index is 0.430. The van der Waals surface area contributed by atoms with Crippen LogP contribution in [0.3, 0.4) is 0 Å². The van der Waals surface area contributed by atoms with E-state index in [-0.39, 0.29) is 0 Å². The first kappa shape index (κ1) is 20.2. The quantitative estimate of drug-likeness (QED) is 0.528. The van der Waals surface area contributed by atoms with Crippen LogP contribution in [-0.2, 0) is 13.1 Å². The molecule has 2 N–H and O–H groups in total. The van der Waals surface area contributed by atoms with Gasteiger partial charge in [0, 0.05) is 0 Å². The molecule has 9 heteroatoms. The van der Waals surface area contributed by atoms with Gasteiger partial charge in [-0.2, -0.15) is 0 Å². The van der Waals surface area contributed by atoms with E-state index in [2.05, 4.69) is 16.3 Å². The molecule has 1 saturated heterocycles. The van der Waals surface area contributed by atoms with Crippen molar-refractivity contribution >= 4 is 0 Å². The minimum Gasteiger partial charge on any atom is -0.493 e. The molecule has 1 aliphatic rings. The molecule has 0 amide bonds. The first-order valence-electron chi connectivity index (χ1n) is 10.0. The smallest absolute Gasteiger partial charge is 0.283 e. The normalized spacial score (nSPS) is 18.9. The zero-order valence-electron chi connectivity index (χ0n) is 17.6. The first-order valence-corrected chi connectivity index (χ1v) is 10.0. The van der Waals surface area contributed by atoms with Crippen molar-refractivity contribution in [3.8, 4) is 28.9 Å². The molecule has 1 fully saturated rings. The van der Waals surface area contributed by atoms with Crippen molar-refractivity contribution in [1.29, 1.82) is 0 Å². The van der Waals surface area contributed by atoms with Gasteiger partial charge in [-0.05, 0) is 24.3 Å². The van der Waals surface area contributed by atoms with Crippen LogP contribution in [0.25, 0.3) is 11.7 Å². The Bertz CT molecular complexity index is 948. The Labute approximate surface area is 175 Å². The molecule has 1 aliphatic heterocycles. The van der Waals surface area contributed by atoms with E-state index in [1.165, 1.54) is 9.80 Å². The number of benzene rings is 1. The molecule has 30 heavy (non-hydrogen) atoms. The molecular formula is C21H28N4O5+2. The van der Waals surface area contributed by atoms with E-state index in [1.54, 1.807) is 33.7 Å². The van der Waals surface area contributed by atoms with E-state index >= 15 is 0 Å². The second-order valence-corrected chi connectivity index (χ2v) is 7.33. The lowest BCUT2D eigenvalue weighted by Crippen LogP contribution is -3.27. The Morgan fingerprint density at radius 1 is 0.867 bits per heavy atom. The summed E-state index contributed by atoms with van der Waals surface area (Å²) in [5, 5.41) is 8.24. The highest BCUT2D eigenvalue weighted by Crippen LogP contribution is 2.39. The highest BCUT2D eigenvalue weighted by Gasteiger charge is 2.27. The molecule has 0 spiro atoms. The average molecular weight is 416 g/mol. The third-order valence-corrected chi connectivity index (χ3v) is 5.49. The molecule has 3 heterocycles. The zero-order chi connectivity index (χ0) is 20.9. The Kier molecular flexibility index (Phi) is 6.20. The van der Waals surface area contributed by atoms with Crippen molar-refractivity contribution < 1.29 is 32.8 Å². The van der Waals surface area contributed by atoms with E-state index in [0.29, 0.717) is 29.0 Å². The number of methoxy groups -OCH3 is 3. The number of quaternary nitrogens is 2. The van der Waals surface area contributed by atoms with E-state index in [9.17, 15) is 0 Å². The first-order chi connectivity index (χ1) is 14.7. The number of aromatic nitrogens is 2. The molecule has 9 nitrogen and oxygen atoms in total. The summed E-state index contributed by atoms with van der Waals surface area (Å²) in [5.74, 6) is 3.73. The van der Waals surface area contributed by atoms with Gasteiger partial charge in [-0.25, -0.2) is 0 Å². The van der Waals surface area contributed by atoms with Crippen molar-refractivity contribution in [3.05, 3.63) is 42.0 Å². The molecule has 0 unspecified atom stereocenters. The van der Waals surface area contributed by atoms with Crippen LogP contribution in [0, 0.1) is 0 Å². The van der Waals surface area contributed by atoms with Crippen molar-refractivity contribution in [1.82, 2.24) is 10.2 Å². The Morgan fingerprint density at radius 3 is 2.23 bits per heavy atom. The maximum Gasteiger partial charge on any atom is 0.283 e. The number of furan rings is 1. The zero-order valence-corrected chi connectivity index (χ0v) is 17.6. The fraction of sp³-hybridized carbons (Fsp3) is 0.429. The molecule has 4 rings (SSSR count). The van der Waals surface area contributed by atoms with Crippen molar-refractivity contribution in [2.24, 2.45) is 0 Å². The number of hydrogen-bond donors (Lipinski definition) is 2. The van der Waals surface area contributed by atoms with E-state index in [0.717, 1.165) is 50.6 Å². The summed E-state index contributed by atoms with van der Waals surface area (Å²) in [7, 11) is 4.93. The van der Waals surface area contributed by atoms with Gasteiger partial charge >= 0.3 is 0 Å². The van der Waals surface area contributed by atoms with Gasteiger partial charge in [0.25, 0.3) is 11.8 Å². The summed E-state index contributed by atoms with van der Waals surface area (Å²) >= 11 is 0. The molecule has 0 saturated carbocycles. The van der Waals surface area contributed by atoms with Gasteiger partial charge in [-0.15, -0.1) is 10.2 Å². The number of rotatable bonds is 8. The van der Waals surface area contributed by atoms with Crippen molar-refractivity contribution in [2.45, 2.75) is 13.1 Å². The highest BCUT2D eigenvalue weighted by atomic mass is 16.5. The maximum absolute atomic E-state index is 5.75. The van der Waals surface area contributed by atoms with Crippen LogP contribution in [0.5, 0.6) is 17.2 Å². The summed E-state index contributed by atoms with van der Waals surface area (Å²) in [6, 6.07) is 7.61. The van der Waals surface area contributed by atoms with Gasteiger partial charge in [-0.1, -0.05) is 0 Å². The fourth-order valence-corrected chi connectivity index (χ4v) is 3.92. The van der Waals surface area contributed by atoms with E-state index in [4.69, 9.17) is 23.0 Å². The molecule has 0 aliphatic carbocycles. The predicted molar refractivity (Wildman–Crippen MR) is 107 cm³/mol. The summed E-state index contributed by atoms with van der Waals surface area (Å²) in [4.78, 5) is 2.94. The lowest BCUT2D eigenvalue weighted by Gasteiger charge is -2.29. The topological polar surface area (TPSA) is 88.6 Å². The fourth-order valence-electron chi connectivity index (χ4n) is 3.92. The SMILES string of the molecule is COc1ccc(C[NH+]2CC[NH+](Cc3nnc(-c4ccco4)o3)CC2)c(OC)c1OC. The minimum atomic E-state index is 0.430. The van der Waals surface area contributed by atoms with Gasteiger partial charge in [0.2, 0.25) is 5.75 Å². The van der Waals surface area contributed by atoms with E-state index in [1.807, 2.05) is 12.1 Å². The molecule has 2 aromatic heterocycles. The number of nitrogens with one attached hydrogen (secondary N) is 2. The van der Waals surface area contributed by atoms with Crippen LogP contribution >= 0.6 is 0 Å². The number of nitrogens with zero attached hydrogens (tertiary/aromatic N) is 2. The van der Waals surface area contributed by atoms with Crippen LogP contribution in [0.2, 0.25) is 0 Å². The van der Waals surface area contributed by atoms with Gasteiger partial charge in [0.15, 0.2) is 23.8 Å². The van der Waals surface area contributed by atoms with Gasteiger partial charge in [0.1, 0.15) is 32.7 Å². The molecule has 0 radical (unpaired) electrons. The third-order valence-electron chi connectivity index (χ3n) is 5.49. The van der Waals surface area contributed by atoms with Gasteiger partial charge in [0.05, 0.1) is 33.2 Å². The summed E-state index contributed by atoms with van der Waals surface area (Å²) in [6.07, 6.45) is 1.60. The lowest BCUT2D eigenvalue weighted by molar-refractivity contribution is -1.02. The van der Waals surface area contributed by atoms with Crippen molar-refractivity contribution in [3.63, 3.8) is 0 Å². The second-order valence-electron chi connectivity index (χ2n) is 7.33. The molecule has 160 valence electrons. The third kappa shape index (κ3) is 4.27. The van der Waals surface area contributed by atoms with Crippen LogP contribution in [-0.4, -0.2) is 57.7 Å². The second kappa shape index (κ2) is 9.19. The average Bonchev–Trinajstić information content (AvgIpc) is 3.46. The van der Waals surface area contributed by atoms with E-state index < -0.39 is 0 Å². The molecule has 1 aromatic carbocycles. The summed E-state index contributed by atoms with van der Waals surface area (Å²) in [6.45, 7) is 5.76. The molecule has 3 aromatic rings. The molecule has 0 atom stereocenters. The number of piperazine rings is 1. The van der Waals surface area contributed by atoms with Crippen molar-refractivity contribution in [2.75, 3.05) is 47.5 Å². The van der Waals surface area contributed by atoms with Crippen LogP contribution in [0.15, 0.2) is 39.4 Å². The van der Waals surface area contributed by atoms with Gasteiger partial charge in [-0.3, -0.25) is 0 Å². The number of ether oxygens (including phenoxy) is 3. The molecule has 0 bridgehead atoms.